The van der Waals surface area contributed by atoms with Crippen molar-refractivity contribution in [3.63, 3.8) is 0 Å². The van der Waals surface area contributed by atoms with Crippen LogP contribution in [0.2, 0.25) is 0 Å². The van der Waals surface area contributed by atoms with E-state index >= 15 is 0 Å². The van der Waals surface area contributed by atoms with E-state index in [0.29, 0.717) is 22.6 Å². The summed E-state index contributed by atoms with van der Waals surface area (Å²) in [5.74, 6) is 2.18. The highest BCUT2D eigenvalue weighted by Crippen LogP contribution is 2.20. The van der Waals surface area contributed by atoms with E-state index in [4.69, 9.17) is 0 Å². The molecule has 0 unspecified atom stereocenters. The fraction of sp³-hybridized carbons (Fsp3) is 0.304. The Bertz CT molecular complexity index is 1040. The average Bonchev–Trinajstić information content (AvgIpc) is 3.13. The Labute approximate surface area is 196 Å². The number of benzene rings is 2. The predicted molar refractivity (Wildman–Crippen MR) is 132 cm³/mol. The van der Waals surface area contributed by atoms with Crippen LogP contribution in [0.25, 0.3) is 0 Å². The molecular formula is C23H27N5O2S2. The number of aromatic nitrogens is 3. The second-order valence-electron chi connectivity index (χ2n) is 7.48. The molecule has 0 saturated carbocycles. The first-order chi connectivity index (χ1) is 15.4. The van der Waals surface area contributed by atoms with Gasteiger partial charge < -0.3 is 15.2 Å². The first-order valence-electron chi connectivity index (χ1n) is 10.3. The Morgan fingerprint density at radius 2 is 1.53 bits per heavy atom. The standard InChI is InChI=1S/C23H27N5O2S2/c1-16(2)17-9-11-19(12-10-17)25-22(30)15-32-23-27-26-20(28(23)3)13-31-14-21(29)24-18-7-5-4-6-8-18/h4-12,16H,13-15H2,1-3H3,(H,24,29)(H,25,30). The Morgan fingerprint density at radius 1 is 0.906 bits per heavy atom. The fourth-order valence-electron chi connectivity index (χ4n) is 2.83. The number of para-hydroxylation sites is 1. The van der Waals surface area contributed by atoms with Crippen LogP contribution in [0.5, 0.6) is 0 Å². The second kappa shape index (κ2) is 11.7. The highest BCUT2D eigenvalue weighted by Gasteiger charge is 2.13. The first-order valence-corrected chi connectivity index (χ1v) is 12.4. The van der Waals surface area contributed by atoms with Crippen LogP contribution < -0.4 is 10.6 Å². The van der Waals surface area contributed by atoms with Crippen molar-refractivity contribution in [1.29, 1.82) is 0 Å². The molecule has 0 aliphatic heterocycles. The monoisotopic (exact) mass is 469 g/mol. The van der Waals surface area contributed by atoms with Gasteiger partial charge in [-0.3, -0.25) is 9.59 Å². The van der Waals surface area contributed by atoms with Crippen molar-refractivity contribution in [3.05, 3.63) is 66.0 Å². The predicted octanol–water partition coefficient (Wildman–Crippen LogP) is 4.54. The molecule has 1 aromatic heterocycles. The smallest absolute Gasteiger partial charge is 0.234 e. The third-order valence-electron chi connectivity index (χ3n) is 4.64. The zero-order valence-electron chi connectivity index (χ0n) is 18.4. The second-order valence-corrected chi connectivity index (χ2v) is 9.41. The minimum Gasteiger partial charge on any atom is -0.325 e. The number of nitrogens with zero attached hydrogens (tertiary/aromatic N) is 3. The molecule has 3 rings (SSSR count). The van der Waals surface area contributed by atoms with E-state index in [0.717, 1.165) is 17.2 Å². The lowest BCUT2D eigenvalue weighted by Crippen LogP contribution is -2.15. The number of anilines is 2. The van der Waals surface area contributed by atoms with E-state index in [1.165, 1.54) is 29.1 Å². The van der Waals surface area contributed by atoms with Gasteiger partial charge in [0.15, 0.2) is 5.16 Å². The fourth-order valence-corrected chi connectivity index (χ4v) is 4.35. The van der Waals surface area contributed by atoms with Crippen molar-refractivity contribution in [2.75, 3.05) is 22.1 Å². The third kappa shape index (κ3) is 7.13. The molecule has 0 bridgehead atoms. The van der Waals surface area contributed by atoms with Crippen LogP contribution in [0.1, 0.15) is 31.2 Å². The maximum absolute atomic E-state index is 12.3. The normalized spacial score (nSPS) is 10.9. The lowest BCUT2D eigenvalue weighted by atomic mass is 10.0. The number of hydrogen-bond donors (Lipinski definition) is 2. The van der Waals surface area contributed by atoms with Gasteiger partial charge in [-0.1, -0.05) is 55.9 Å². The minimum atomic E-state index is -0.0937. The summed E-state index contributed by atoms with van der Waals surface area (Å²) in [6.45, 7) is 4.27. The molecule has 0 fully saturated rings. The van der Waals surface area contributed by atoms with Gasteiger partial charge in [0.05, 0.1) is 17.3 Å². The SMILES string of the molecule is CC(C)c1ccc(NC(=O)CSc2nnc(CSCC(=O)Nc3ccccc3)n2C)cc1. The van der Waals surface area contributed by atoms with Crippen molar-refractivity contribution < 1.29 is 9.59 Å². The molecular weight excluding hydrogens is 442 g/mol. The molecule has 1 heterocycles. The van der Waals surface area contributed by atoms with Crippen LogP contribution in [0.4, 0.5) is 11.4 Å². The highest BCUT2D eigenvalue weighted by atomic mass is 32.2. The van der Waals surface area contributed by atoms with Gasteiger partial charge in [0.1, 0.15) is 5.82 Å². The molecule has 0 spiro atoms. The molecule has 0 aliphatic rings. The zero-order valence-corrected chi connectivity index (χ0v) is 20.0. The van der Waals surface area contributed by atoms with Crippen LogP contribution >= 0.6 is 23.5 Å². The first kappa shape index (κ1) is 23.9. The van der Waals surface area contributed by atoms with E-state index in [2.05, 4.69) is 34.7 Å². The summed E-state index contributed by atoms with van der Waals surface area (Å²) in [6.07, 6.45) is 0. The van der Waals surface area contributed by atoms with Crippen LogP contribution in [0.15, 0.2) is 59.8 Å². The number of carbonyl (C=O) groups excluding carboxylic acids is 2. The number of amides is 2. The Hall–Kier alpha value is -2.78. The third-order valence-corrected chi connectivity index (χ3v) is 6.59. The minimum absolute atomic E-state index is 0.0592. The molecule has 2 N–H and O–H groups in total. The van der Waals surface area contributed by atoms with Gasteiger partial charge in [-0.05, 0) is 35.7 Å². The number of thioether (sulfide) groups is 2. The Morgan fingerprint density at radius 3 is 2.19 bits per heavy atom. The molecule has 7 nitrogen and oxygen atoms in total. The van der Waals surface area contributed by atoms with Crippen molar-refractivity contribution >= 4 is 46.7 Å². The quantitative estimate of drug-likeness (QED) is 0.424. The summed E-state index contributed by atoms with van der Waals surface area (Å²) in [5, 5.41) is 14.8. The highest BCUT2D eigenvalue weighted by molar-refractivity contribution is 8.00. The number of hydrogen-bond acceptors (Lipinski definition) is 6. The van der Waals surface area contributed by atoms with Gasteiger partial charge in [-0.15, -0.1) is 22.0 Å². The zero-order chi connectivity index (χ0) is 22.9. The van der Waals surface area contributed by atoms with Crippen LogP contribution in [-0.2, 0) is 22.4 Å². The maximum Gasteiger partial charge on any atom is 0.234 e. The number of nitrogens with one attached hydrogen (secondary N) is 2. The lowest BCUT2D eigenvalue weighted by molar-refractivity contribution is -0.114. The largest absolute Gasteiger partial charge is 0.325 e. The molecule has 0 atom stereocenters. The van der Waals surface area contributed by atoms with E-state index in [-0.39, 0.29) is 17.6 Å². The summed E-state index contributed by atoms with van der Waals surface area (Å²) in [5.41, 5.74) is 2.80. The van der Waals surface area contributed by atoms with Gasteiger partial charge in [-0.25, -0.2) is 0 Å². The molecule has 2 aromatic carbocycles. The number of carbonyl (C=O) groups is 2. The Kier molecular flexibility index (Phi) is 8.75. The van der Waals surface area contributed by atoms with Crippen LogP contribution in [0.3, 0.4) is 0 Å². The van der Waals surface area contributed by atoms with Crippen molar-refractivity contribution in [2.24, 2.45) is 7.05 Å². The summed E-state index contributed by atoms with van der Waals surface area (Å²) >= 11 is 2.80. The maximum atomic E-state index is 12.3. The van der Waals surface area contributed by atoms with E-state index < -0.39 is 0 Å². The van der Waals surface area contributed by atoms with Crippen molar-refractivity contribution in [1.82, 2.24) is 14.8 Å². The molecule has 9 heteroatoms. The summed E-state index contributed by atoms with van der Waals surface area (Å²) in [7, 11) is 1.87. The molecule has 0 radical (unpaired) electrons. The topological polar surface area (TPSA) is 88.9 Å². The van der Waals surface area contributed by atoms with E-state index in [9.17, 15) is 9.59 Å². The molecule has 168 valence electrons. The van der Waals surface area contributed by atoms with Crippen LogP contribution in [0, 0.1) is 0 Å². The van der Waals surface area contributed by atoms with E-state index in [1.54, 1.807) is 0 Å². The summed E-state index contributed by atoms with van der Waals surface area (Å²) in [4.78, 5) is 24.3. The van der Waals surface area contributed by atoms with Crippen molar-refractivity contribution in [2.45, 2.75) is 30.7 Å². The van der Waals surface area contributed by atoms with E-state index in [1.807, 2.05) is 66.2 Å². The lowest BCUT2D eigenvalue weighted by Gasteiger charge is -2.08. The van der Waals surface area contributed by atoms with Gasteiger partial charge >= 0.3 is 0 Å². The molecule has 32 heavy (non-hydrogen) atoms. The Balaban J connectivity index is 1.42. The average molecular weight is 470 g/mol. The molecule has 0 saturated heterocycles. The van der Waals surface area contributed by atoms with Gasteiger partial charge in [0.25, 0.3) is 0 Å². The van der Waals surface area contributed by atoms with Gasteiger partial charge in [0.2, 0.25) is 11.8 Å². The van der Waals surface area contributed by atoms with Crippen LogP contribution in [-0.4, -0.2) is 38.1 Å². The van der Waals surface area contributed by atoms with Gasteiger partial charge in [0, 0.05) is 18.4 Å². The summed E-state index contributed by atoms with van der Waals surface area (Å²) < 4.78 is 1.86. The molecule has 3 aromatic rings. The van der Waals surface area contributed by atoms with Crippen molar-refractivity contribution in [3.8, 4) is 0 Å². The summed E-state index contributed by atoms with van der Waals surface area (Å²) in [6, 6.07) is 17.3. The molecule has 2 amide bonds. The molecule has 0 aliphatic carbocycles. The van der Waals surface area contributed by atoms with Gasteiger partial charge in [-0.2, -0.15) is 0 Å². The number of rotatable bonds is 10.